The maximum atomic E-state index is 10.7. The van der Waals surface area contributed by atoms with Gasteiger partial charge in [0.15, 0.2) is 5.12 Å². The third-order valence-electron chi connectivity index (χ3n) is 2.30. The first-order valence-corrected chi connectivity index (χ1v) is 6.48. The SMILES string of the molecule is CC(=O)SCC=Cc1ccc(C(C)C)cc1. The monoisotopic (exact) mass is 234 g/mol. The second-order valence-corrected chi connectivity index (χ2v) is 5.22. The molecule has 16 heavy (non-hydrogen) atoms. The van der Waals surface area contributed by atoms with Crippen molar-refractivity contribution in [1.82, 2.24) is 0 Å². The summed E-state index contributed by atoms with van der Waals surface area (Å²) >= 11 is 1.33. The van der Waals surface area contributed by atoms with Gasteiger partial charge in [0.2, 0.25) is 0 Å². The Bertz CT molecular complexity index is 363. The molecule has 0 fully saturated rings. The zero-order valence-corrected chi connectivity index (χ0v) is 10.9. The predicted octanol–water partition coefficient (Wildman–Crippen LogP) is 4.10. The first-order chi connectivity index (χ1) is 7.59. The zero-order valence-electron chi connectivity index (χ0n) is 10.1. The maximum Gasteiger partial charge on any atom is 0.186 e. The van der Waals surface area contributed by atoms with Crippen LogP contribution in [-0.4, -0.2) is 10.9 Å². The lowest BCUT2D eigenvalue weighted by Gasteiger charge is -2.04. The van der Waals surface area contributed by atoms with Crippen molar-refractivity contribution in [3.05, 3.63) is 41.5 Å². The molecule has 0 saturated heterocycles. The van der Waals surface area contributed by atoms with E-state index in [-0.39, 0.29) is 5.12 Å². The molecule has 0 N–H and O–H groups in total. The van der Waals surface area contributed by atoms with E-state index in [1.807, 2.05) is 6.08 Å². The molecule has 0 radical (unpaired) electrons. The van der Waals surface area contributed by atoms with Gasteiger partial charge in [-0.1, -0.05) is 62.0 Å². The molecule has 0 amide bonds. The molecule has 2 heteroatoms. The standard InChI is InChI=1S/C14H18OS/c1-11(2)14-8-6-13(7-9-14)5-4-10-16-12(3)15/h4-9,11H,10H2,1-3H3. The van der Waals surface area contributed by atoms with E-state index in [1.54, 1.807) is 6.92 Å². The number of thioether (sulfide) groups is 1. The van der Waals surface area contributed by atoms with Crippen molar-refractivity contribution in [2.24, 2.45) is 0 Å². The Balaban J connectivity index is 2.51. The van der Waals surface area contributed by atoms with Crippen LogP contribution in [0.3, 0.4) is 0 Å². The number of hydrogen-bond acceptors (Lipinski definition) is 2. The molecule has 0 aliphatic rings. The van der Waals surface area contributed by atoms with Crippen LogP contribution in [0, 0.1) is 0 Å². The Hall–Kier alpha value is -1.02. The molecule has 1 aromatic carbocycles. The molecule has 0 spiro atoms. The smallest absolute Gasteiger partial charge is 0.186 e. The molecule has 1 rings (SSSR count). The number of rotatable bonds is 4. The number of benzene rings is 1. The van der Waals surface area contributed by atoms with Gasteiger partial charge in [-0.15, -0.1) is 0 Å². The van der Waals surface area contributed by atoms with Crippen molar-refractivity contribution in [1.29, 1.82) is 0 Å². The van der Waals surface area contributed by atoms with Crippen molar-refractivity contribution in [3.8, 4) is 0 Å². The van der Waals surface area contributed by atoms with Crippen molar-refractivity contribution < 1.29 is 4.79 Å². The van der Waals surface area contributed by atoms with Gasteiger partial charge in [0.25, 0.3) is 0 Å². The summed E-state index contributed by atoms with van der Waals surface area (Å²) in [6.07, 6.45) is 4.08. The van der Waals surface area contributed by atoms with Crippen LogP contribution < -0.4 is 0 Å². The topological polar surface area (TPSA) is 17.1 Å². The Morgan fingerprint density at radius 1 is 1.31 bits per heavy atom. The maximum absolute atomic E-state index is 10.7. The highest BCUT2D eigenvalue weighted by molar-refractivity contribution is 8.13. The molecule has 0 saturated carbocycles. The van der Waals surface area contributed by atoms with E-state index in [9.17, 15) is 4.79 Å². The molecule has 86 valence electrons. The fraction of sp³-hybridized carbons (Fsp3) is 0.357. The van der Waals surface area contributed by atoms with E-state index in [2.05, 4.69) is 44.2 Å². The normalized spacial score (nSPS) is 11.2. The second-order valence-electron chi connectivity index (χ2n) is 4.03. The van der Waals surface area contributed by atoms with E-state index in [0.29, 0.717) is 5.92 Å². The van der Waals surface area contributed by atoms with Gasteiger partial charge in [0.05, 0.1) is 0 Å². The largest absolute Gasteiger partial charge is 0.288 e. The van der Waals surface area contributed by atoms with E-state index in [1.165, 1.54) is 22.9 Å². The molecular formula is C14H18OS. The lowest BCUT2D eigenvalue weighted by atomic mass is 10.0. The molecule has 1 aromatic rings. The van der Waals surface area contributed by atoms with Crippen LogP contribution in [-0.2, 0) is 4.79 Å². The molecule has 0 aliphatic heterocycles. The highest BCUT2D eigenvalue weighted by atomic mass is 32.2. The Labute approximate surface area is 102 Å². The molecule has 0 unspecified atom stereocenters. The number of carbonyl (C=O) groups is 1. The third-order valence-corrected chi connectivity index (χ3v) is 3.06. The Morgan fingerprint density at radius 3 is 2.44 bits per heavy atom. The fourth-order valence-corrected chi connectivity index (χ4v) is 1.77. The summed E-state index contributed by atoms with van der Waals surface area (Å²) < 4.78 is 0. The van der Waals surface area contributed by atoms with Crippen molar-refractivity contribution in [2.75, 3.05) is 5.75 Å². The molecule has 0 atom stereocenters. The lowest BCUT2D eigenvalue weighted by molar-refractivity contribution is -0.109. The second kappa shape index (κ2) is 6.54. The lowest BCUT2D eigenvalue weighted by Crippen LogP contribution is -1.86. The minimum Gasteiger partial charge on any atom is -0.288 e. The van der Waals surface area contributed by atoms with Gasteiger partial charge in [0, 0.05) is 12.7 Å². The van der Waals surface area contributed by atoms with Crippen LogP contribution in [0.4, 0.5) is 0 Å². The summed E-state index contributed by atoms with van der Waals surface area (Å²) in [6.45, 7) is 5.97. The summed E-state index contributed by atoms with van der Waals surface area (Å²) in [5, 5.41) is 0.166. The van der Waals surface area contributed by atoms with Crippen molar-refractivity contribution >= 4 is 23.0 Å². The van der Waals surface area contributed by atoms with Crippen LogP contribution in [0.1, 0.15) is 37.8 Å². The highest BCUT2D eigenvalue weighted by Gasteiger charge is 1.97. The molecule has 0 bridgehead atoms. The van der Waals surface area contributed by atoms with Gasteiger partial charge >= 0.3 is 0 Å². The van der Waals surface area contributed by atoms with Gasteiger partial charge in [-0.05, 0) is 17.0 Å². The van der Waals surface area contributed by atoms with E-state index < -0.39 is 0 Å². The Morgan fingerprint density at radius 2 is 1.94 bits per heavy atom. The predicted molar refractivity (Wildman–Crippen MR) is 72.7 cm³/mol. The summed E-state index contributed by atoms with van der Waals surface area (Å²) in [5.74, 6) is 1.33. The molecular weight excluding hydrogens is 216 g/mol. The van der Waals surface area contributed by atoms with Crippen LogP contribution in [0.15, 0.2) is 30.3 Å². The van der Waals surface area contributed by atoms with E-state index in [0.717, 1.165) is 5.75 Å². The average molecular weight is 234 g/mol. The van der Waals surface area contributed by atoms with Crippen LogP contribution >= 0.6 is 11.8 Å². The van der Waals surface area contributed by atoms with Crippen LogP contribution in [0.2, 0.25) is 0 Å². The first-order valence-electron chi connectivity index (χ1n) is 5.49. The molecule has 0 aromatic heterocycles. The minimum atomic E-state index is 0.166. The third kappa shape index (κ3) is 4.67. The Kier molecular flexibility index (Phi) is 5.33. The number of carbonyl (C=O) groups excluding carboxylic acids is 1. The summed E-state index contributed by atoms with van der Waals surface area (Å²) in [7, 11) is 0. The van der Waals surface area contributed by atoms with E-state index >= 15 is 0 Å². The fourth-order valence-electron chi connectivity index (χ4n) is 1.34. The summed E-state index contributed by atoms with van der Waals surface area (Å²) in [6, 6.07) is 8.54. The van der Waals surface area contributed by atoms with Gasteiger partial charge in [-0.2, -0.15) is 0 Å². The highest BCUT2D eigenvalue weighted by Crippen LogP contribution is 2.15. The summed E-state index contributed by atoms with van der Waals surface area (Å²) in [4.78, 5) is 10.7. The minimum absolute atomic E-state index is 0.166. The molecule has 1 nitrogen and oxygen atoms in total. The molecule has 0 heterocycles. The quantitative estimate of drug-likeness (QED) is 0.780. The first kappa shape index (κ1) is 13.0. The summed E-state index contributed by atoms with van der Waals surface area (Å²) in [5.41, 5.74) is 2.55. The van der Waals surface area contributed by atoms with Crippen molar-refractivity contribution in [2.45, 2.75) is 26.7 Å². The molecule has 0 aliphatic carbocycles. The van der Waals surface area contributed by atoms with Gasteiger partial charge < -0.3 is 0 Å². The average Bonchev–Trinajstić information content (AvgIpc) is 2.25. The number of hydrogen-bond donors (Lipinski definition) is 0. The van der Waals surface area contributed by atoms with Crippen LogP contribution in [0.5, 0.6) is 0 Å². The zero-order chi connectivity index (χ0) is 12.0. The van der Waals surface area contributed by atoms with Crippen LogP contribution in [0.25, 0.3) is 6.08 Å². The van der Waals surface area contributed by atoms with Gasteiger partial charge in [-0.3, -0.25) is 4.79 Å². The van der Waals surface area contributed by atoms with Gasteiger partial charge in [0.1, 0.15) is 0 Å². The van der Waals surface area contributed by atoms with Crippen molar-refractivity contribution in [3.63, 3.8) is 0 Å². The van der Waals surface area contributed by atoms with Gasteiger partial charge in [-0.25, -0.2) is 0 Å². The van der Waals surface area contributed by atoms with E-state index in [4.69, 9.17) is 0 Å².